The van der Waals surface area contributed by atoms with Gasteiger partial charge in [-0.15, -0.1) is 0 Å². The second-order valence-corrected chi connectivity index (χ2v) is 10.9. The highest BCUT2D eigenvalue weighted by atomic mass is 32.2. The summed E-state index contributed by atoms with van der Waals surface area (Å²) in [7, 11) is -2.83. The first-order valence-electron chi connectivity index (χ1n) is 12.0. The fraction of sp³-hybridized carbons (Fsp3) is 0.423. The van der Waals surface area contributed by atoms with E-state index in [2.05, 4.69) is 23.9 Å². The van der Waals surface area contributed by atoms with Crippen LogP contribution in [0.4, 0.5) is 0 Å². The van der Waals surface area contributed by atoms with Gasteiger partial charge in [0, 0.05) is 33.1 Å². The molecule has 1 saturated heterocycles. The summed E-state index contributed by atoms with van der Waals surface area (Å²) in [6, 6.07) is 12.3. The number of rotatable bonds is 9. The molecule has 1 atom stereocenters. The zero-order chi connectivity index (χ0) is 27.2. The number of carbonyl (C=O) groups excluding carboxylic acids is 3. The molecule has 200 valence electrons. The van der Waals surface area contributed by atoms with Gasteiger partial charge >= 0.3 is 5.97 Å². The van der Waals surface area contributed by atoms with Gasteiger partial charge in [-0.05, 0) is 41.3 Å². The van der Waals surface area contributed by atoms with Crippen molar-refractivity contribution in [3.63, 3.8) is 0 Å². The third-order valence-corrected chi connectivity index (χ3v) is 8.13. The molecular formula is C26H33N3O7S. The quantitative estimate of drug-likeness (QED) is 0.491. The van der Waals surface area contributed by atoms with E-state index in [1.54, 1.807) is 0 Å². The van der Waals surface area contributed by atoms with E-state index < -0.39 is 27.9 Å². The molecule has 1 unspecified atom stereocenters. The van der Waals surface area contributed by atoms with Gasteiger partial charge in [0.05, 0.1) is 12.0 Å². The molecule has 2 amide bonds. The number of benzene rings is 2. The molecule has 0 bridgehead atoms. The van der Waals surface area contributed by atoms with E-state index in [1.807, 2.05) is 24.3 Å². The minimum Gasteiger partial charge on any atom is -0.482 e. The van der Waals surface area contributed by atoms with Crippen molar-refractivity contribution in [3.8, 4) is 5.75 Å². The van der Waals surface area contributed by atoms with Crippen molar-refractivity contribution in [3.05, 3.63) is 59.7 Å². The largest absolute Gasteiger partial charge is 0.482 e. The van der Waals surface area contributed by atoms with Crippen LogP contribution in [0.1, 0.15) is 37.8 Å². The SMILES string of the molecule is COC(=O)COc1ccc(S(=O)(=O)N2CCN(C(C)=O)CC2C(=O)NCc2ccc(C(C)C)cc2)cc1. The number of sulfonamides is 1. The molecular weight excluding hydrogens is 498 g/mol. The Balaban J connectivity index is 1.76. The van der Waals surface area contributed by atoms with Gasteiger partial charge in [0.15, 0.2) is 6.61 Å². The molecule has 1 aliphatic rings. The topological polar surface area (TPSA) is 122 Å². The first-order chi connectivity index (χ1) is 17.5. The molecule has 1 N–H and O–H groups in total. The maximum absolute atomic E-state index is 13.5. The van der Waals surface area contributed by atoms with Crippen molar-refractivity contribution in [1.29, 1.82) is 0 Å². The Labute approximate surface area is 217 Å². The maximum atomic E-state index is 13.5. The second kappa shape index (κ2) is 12.2. The van der Waals surface area contributed by atoms with Crippen LogP contribution in [0.5, 0.6) is 5.75 Å². The lowest BCUT2D eigenvalue weighted by Crippen LogP contribution is -2.61. The number of hydrogen-bond acceptors (Lipinski definition) is 7. The minimum atomic E-state index is -4.07. The Bertz CT molecular complexity index is 1210. The number of methoxy groups -OCH3 is 1. The van der Waals surface area contributed by atoms with Gasteiger partial charge in [-0.3, -0.25) is 9.59 Å². The number of nitrogens with zero attached hydrogens (tertiary/aromatic N) is 2. The average molecular weight is 532 g/mol. The van der Waals surface area contributed by atoms with Gasteiger partial charge in [-0.25, -0.2) is 13.2 Å². The van der Waals surface area contributed by atoms with Crippen LogP contribution < -0.4 is 10.1 Å². The van der Waals surface area contributed by atoms with E-state index in [0.29, 0.717) is 11.7 Å². The molecule has 0 saturated carbocycles. The van der Waals surface area contributed by atoms with Crippen LogP contribution >= 0.6 is 0 Å². The summed E-state index contributed by atoms with van der Waals surface area (Å²) in [5.41, 5.74) is 2.06. The van der Waals surface area contributed by atoms with Gasteiger partial charge in [0.2, 0.25) is 21.8 Å². The van der Waals surface area contributed by atoms with Crippen LogP contribution in [0, 0.1) is 0 Å². The maximum Gasteiger partial charge on any atom is 0.343 e. The predicted octanol–water partition coefficient (Wildman–Crippen LogP) is 1.90. The summed E-state index contributed by atoms with van der Waals surface area (Å²) in [6.07, 6.45) is 0. The van der Waals surface area contributed by atoms with Crippen molar-refractivity contribution >= 4 is 27.8 Å². The highest BCUT2D eigenvalue weighted by Crippen LogP contribution is 2.24. The molecule has 10 nitrogen and oxygen atoms in total. The molecule has 1 fully saturated rings. The van der Waals surface area contributed by atoms with E-state index >= 15 is 0 Å². The smallest absolute Gasteiger partial charge is 0.343 e. The van der Waals surface area contributed by atoms with Gasteiger partial charge < -0.3 is 19.7 Å². The summed E-state index contributed by atoms with van der Waals surface area (Å²) in [6.45, 7) is 5.61. The number of esters is 1. The van der Waals surface area contributed by atoms with Crippen LogP contribution in [0.2, 0.25) is 0 Å². The molecule has 1 aliphatic heterocycles. The monoisotopic (exact) mass is 531 g/mol. The van der Waals surface area contributed by atoms with Crippen molar-refractivity contribution in [2.45, 2.75) is 44.2 Å². The molecule has 37 heavy (non-hydrogen) atoms. The normalized spacial score (nSPS) is 16.4. The molecule has 0 spiro atoms. The lowest BCUT2D eigenvalue weighted by atomic mass is 10.0. The first kappa shape index (κ1) is 28.1. The molecule has 0 radical (unpaired) electrons. The van der Waals surface area contributed by atoms with Crippen molar-refractivity contribution in [2.24, 2.45) is 0 Å². The second-order valence-electron chi connectivity index (χ2n) is 9.05. The Morgan fingerprint density at radius 3 is 2.24 bits per heavy atom. The van der Waals surface area contributed by atoms with Crippen molar-refractivity contribution in [2.75, 3.05) is 33.4 Å². The number of carbonyl (C=O) groups is 3. The van der Waals surface area contributed by atoms with Crippen LogP contribution in [0.25, 0.3) is 0 Å². The highest BCUT2D eigenvalue weighted by Gasteiger charge is 2.40. The first-order valence-corrected chi connectivity index (χ1v) is 13.4. The number of piperazine rings is 1. The molecule has 0 aliphatic carbocycles. The number of nitrogens with one attached hydrogen (secondary N) is 1. The van der Waals surface area contributed by atoms with E-state index in [4.69, 9.17) is 4.74 Å². The van der Waals surface area contributed by atoms with Crippen LogP contribution in [0.3, 0.4) is 0 Å². The summed E-state index contributed by atoms with van der Waals surface area (Å²) < 4.78 is 37.9. The van der Waals surface area contributed by atoms with Crippen molar-refractivity contribution < 1.29 is 32.3 Å². The van der Waals surface area contributed by atoms with Gasteiger partial charge in [0.25, 0.3) is 0 Å². The standard InChI is InChI=1S/C26H33N3O7S/c1-18(2)21-7-5-20(6-8-21)15-27-26(32)24-16-28(19(3)30)13-14-29(24)37(33,34)23-11-9-22(10-12-23)36-17-25(31)35-4/h5-12,18,24H,13-17H2,1-4H3,(H,27,32). The van der Waals surface area contributed by atoms with Gasteiger partial charge in [-0.2, -0.15) is 4.31 Å². The fourth-order valence-corrected chi connectivity index (χ4v) is 5.50. The van der Waals surface area contributed by atoms with Gasteiger partial charge in [0.1, 0.15) is 11.8 Å². The Kier molecular flexibility index (Phi) is 9.28. The summed E-state index contributed by atoms with van der Waals surface area (Å²) in [5, 5.41) is 2.83. The zero-order valence-electron chi connectivity index (χ0n) is 21.5. The molecule has 11 heteroatoms. The summed E-state index contributed by atoms with van der Waals surface area (Å²) in [5.74, 6) is -0.601. The van der Waals surface area contributed by atoms with E-state index in [1.165, 1.54) is 48.8 Å². The summed E-state index contributed by atoms with van der Waals surface area (Å²) >= 11 is 0. The Morgan fingerprint density at radius 2 is 1.68 bits per heavy atom. The fourth-order valence-electron chi connectivity index (χ4n) is 3.93. The molecule has 1 heterocycles. The lowest BCUT2D eigenvalue weighted by molar-refractivity contribution is -0.143. The zero-order valence-corrected chi connectivity index (χ0v) is 22.3. The minimum absolute atomic E-state index is 0.0241. The van der Waals surface area contributed by atoms with E-state index in [0.717, 1.165) is 9.87 Å². The number of amides is 2. The Hall–Kier alpha value is -3.44. The van der Waals surface area contributed by atoms with Crippen LogP contribution in [-0.2, 0) is 35.7 Å². The third kappa shape index (κ3) is 7.07. The molecule has 0 aromatic heterocycles. The molecule has 2 aromatic carbocycles. The number of hydrogen-bond donors (Lipinski definition) is 1. The van der Waals surface area contributed by atoms with Crippen LogP contribution in [0.15, 0.2) is 53.4 Å². The van der Waals surface area contributed by atoms with Crippen LogP contribution in [-0.4, -0.2) is 74.8 Å². The van der Waals surface area contributed by atoms with E-state index in [-0.39, 0.29) is 43.6 Å². The molecule has 2 aromatic rings. The average Bonchev–Trinajstić information content (AvgIpc) is 2.90. The predicted molar refractivity (Wildman–Crippen MR) is 136 cm³/mol. The lowest BCUT2D eigenvalue weighted by Gasteiger charge is -2.39. The highest BCUT2D eigenvalue weighted by molar-refractivity contribution is 7.89. The van der Waals surface area contributed by atoms with Crippen molar-refractivity contribution in [1.82, 2.24) is 14.5 Å². The third-order valence-electron chi connectivity index (χ3n) is 6.21. The molecule has 3 rings (SSSR count). The van der Waals surface area contributed by atoms with E-state index in [9.17, 15) is 22.8 Å². The summed E-state index contributed by atoms with van der Waals surface area (Å²) in [4.78, 5) is 37.9. The van der Waals surface area contributed by atoms with Gasteiger partial charge in [-0.1, -0.05) is 38.1 Å². The Morgan fingerprint density at radius 1 is 1.03 bits per heavy atom. The number of ether oxygens (including phenoxy) is 2.